The molecule has 2 unspecified atom stereocenters. The molecule has 0 aliphatic carbocycles. The lowest BCUT2D eigenvalue weighted by Gasteiger charge is -2.34. The van der Waals surface area contributed by atoms with Crippen LogP contribution in [0.15, 0.2) is 91.5 Å². The Kier molecular flexibility index (Phi) is 10.7. The highest BCUT2D eigenvalue weighted by Crippen LogP contribution is 2.28. The van der Waals surface area contributed by atoms with Crippen LogP contribution in [0.1, 0.15) is 43.5 Å². The number of carbonyl (C=O) groups is 3. The highest BCUT2D eigenvalue weighted by molar-refractivity contribution is 5.99. The monoisotopic (exact) mass is 557 g/mol. The highest BCUT2D eigenvalue weighted by atomic mass is 16.6. The molecule has 0 fully saturated rings. The Morgan fingerprint density at radius 2 is 1.59 bits per heavy atom. The van der Waals surface area contributed by atoms with Gasteiger partial charge in [0.15, 0.2) is 0 Å². The summed E-state index contributed by atoms with van der Waals surface area (Å²) in [5, 5.41) is 5.69. The minimum atomic E-state index is -1.01. The summed E-state index contributed by atoms with van der Waals surface area (Å²) in [5.74, 6) is -0.202. The highest BCUT2D eigenvalue weighted by Gasteiger charge is 2.36. The van der Waals surface area contributed by atoms with Crippen LogP contribution in [0.4, 0.5) is 10.5 Å². The van der Waals surface area contributed by atoms with Crippen molar-refractivity contribution >= 4 is 23.6 Å². The van der Waals surface area contributed by atoms with Crippen LogP contribution in [0.2, 0.25) is 0 Å². The average molecular weight is 558 g/mol. The minimum Gasteiger partial charge on any atom is -0.497 e. The fraction of sp³-hybridized carbons (Fsp3) is 0.303. The van der Waals surface area contributed by atoms with E-state index in [1.165, 1.54) is 4.90 Å². The van der Waals surface area contributed by atoms with Crippen LogP contribution in [0, 0.1) is 6.92 Å². The number of hydrogen-bond acceptors (Lipinski definition) is 5. The first kappa shape index (κ1) is 30.9. The summed E-state index contributed by atoms with van der Waals surface area (Å²) in [6.07, 6.45) is 1.05. The Morgan fingerprint density at radius 3 is 2.17 bits per heavy atom. The third-order valence-corrected chi connectivity index (χ3v) is 6.28. The van der Waals surface area contributed by atoms with Crippen LogP contribution in [-0.4, -0.2) is 48.1 Å². The largest absolute Gasteiger partial charge is 0.497 e. The predicted octanol–water partition coefficient (Wildman–Crippen LogP) is 5.83. The summed E-state index contributed by atoms with van der Waals surface area (Å²) >= 11 is 0. The van der Waals surface area contributed by atoms with E-state index in [0.29, 0.717) is 17.0 Å². The van der Waals surface area contributed by atoms with Crippen LogP contribution in [-0.2, 0) is 20.7 Å². The van der Waals surface area contributed by atoms with E-state index < -0.39 is 35.6 Å². The maximum absolute atomic E-state index is 14.3. The quantitative estimate of drug-likeness (QED) is 0.289. The van der Waals surface area contributed by atoms with Gasteiger partial charge in [-0.15, -0.1) is 6.58 Å². The SMILES string of the molecule is C=CCN(C(=O)C(Cc1ccccc1)NC(=O)OC(C)(C)C)C(C(=O)Nc1ccc(OC)cc1)c1ccccc1C. The molecular weight excluding hydrogens is 518 g/mol. The van der Waals surface area contributed by atoms with E-state index in [4.69, 9.17) is 9.47 Å². The number of nitrogens with zero attached hydrogens (tertiary/aromatic N) is 1. The minimum absolute atomic E-state index is 0.0646. The summed E-state index contributed by atoms with van der Waals surface area (Å²) in [4.78, 5) is 42.6. The van der Waals surface area contributed by atoms with Gasteiger partial charge in [-0.25, -0.2) is 4.79 Å². The molecule has 0 spiro atoms. The van der Waals surface area contributed by atoms with Gasteiger partial charge in [0.1, 0.15) is 23.4 Å². The van der Waals surface area contributed by atoms with Crippen LogP contribution in [0.3, 0.4) is 0 Å². The van der Waals surface area contributed by atoms with E-state index in [1.54, 1.807) is 58.2 Å². The molecular formula is C33H39N3O5. The van der Waals surface area contributed by atoms with Gasteiger partial charge in [-0.1, -0.05) is 60.7 Å². The van der Waals surface area contributed by atoms with Crippen molar-refractivity contribution in [3.05, 3.63) is 108 Å². The summed E-state index contributed by atoms with van der Waals surface area (Å²) < 4.78 is 10.7. The van der Waals surface area contributed by atoms with Crippen molar-refractivity contribution in [1.82, 2.24) is 10.2 Å². The molecule has 41 heavy (non-hydrogen) atoms. The molecule has 0 radical (unpaired) electrons. The predicted molar refractivity (Wildman–Crippen MR) is 161 cm³/mol. The number of ether oxygens (including phenoxy) is 2. The van der Waals surface area contributed by atoms with Crippen molar-refractivity contribution in [2.75, 3.05) is 19.0 Å². The molecule has 0 aromatic heterocycles. The maximum Gasteiger partial charge on any atom is 0.408 e. The third-order valence-electron chi connectivity index (χ3n) is 6.28. The van der Waals surface area contributed by atoms with Crippen LogP contribution >= 0.6 is 0 Å². The van der Waals surface area contributed by atoms with Crippen LogP contribution in [0.25, 0.3) is 0 Å². The van der Waals surface area contributed by atoms with Crippen molar-refractivity contribution in [2.45, 2.75) is 51.8 Å². The Bertz CT molecular complexity index is 1330. The molecule has 8 heteroatoms. The summed E-state index contributed by atoms with van der Waals surface area (Å²) in [5.41, 5.74) is 2.13. The lowest BCUT2D eigenvalue weighted by Crippen LogP contribution is -2.53. The molecule has 0 saturated carbocycles. The Labute approximate surface area is 242 Å². The zero-order valence-electron chi connectivity index (χ0n) is 24.3. The molecule has 2 atom stereocenters. The molecule has 3 rings (SSSR count). The number of benzene rings is 3. The number of aryl methyl sites for hydroxylation is 1. The number of anilines is 1. The van der Waals surface area contributed by atoms with Crippen molar-refractivity contribution in [3.8, 4) is 5.75 Å². The van der Waals surface area contributed by atoms with E-state index in [1.807, 2.05) is 61.5 Å². The molecule has 3 amide bonds. The molecule has 3 aromatic rings. The van der Waals surface area contributed by atoms with Gasteiger partial charge >= 0.3 is 6.09 Å². The van der Waals surface area contributed by atoms with Crippen molar-refractivity contribution in [3.63, 3.8) is 0 Å². The van der Waals surface area contributed by atoms with E-state index in [2.05, 4.69) is 17.2 Å². The fourth-order valence-corrected chi connectivity index (χ4v) is 4.39. The third kappa shape index (κ3) is 8.96. The van der Waals surface area contributed by atoms with Gasteiger partial charge in [-0.3, -0.25) is 9.59 Å². The molecule has 216 valence electrons. The molecule has 2 N–H and O–H groups in total. The van der Waals surface area contributed by atoms with E-state index in [0.717, 1.165) is 11.1 Å². The van der Waals surface area contributed by atoms with Crippen molar-refractivity contribution in [2.24, 2.45) is 0 Å². The molecule has 0 aliphatic rings. The molecule has 0 heterocycles. The summed E-state index contributed by atoms with van der Waals surface area (Å²) in [6, 6.07) is 21.7. The van der Waals surface area contributed by atoms with E-state index in [-0.39, 0.29) is 13.0 Å². The van der Waals surface area contributed by atoms with Crippen molar-refractivity contribution in [1.29, 1.82) is 0 Å². The molecule has 3 aromatic carbocycles. The first-order valence-corrected chi connectivity index (χ1v) is 13.5. The molecule has 8 nitrogen and oxygen atoms in total. The number of alkyl carbamates (subject to hydrolysis) is 1. The average Bonchev–Trinajstić information content (AvgIpc) is 2.93. The van der Waals surface area contributed by atoms with Gasteiger partial charge < -0.3 is 25.0 Å². The molecule has 0 bridgehead atoms. The topological polar surface area (TPSA) is 97.0 Å². The second-order valence-electron chi connectivity index (χ2n) is 10.6. The van der Waals surface area contributed by atoms with Gasteiger partial charge in [0.05, 0.1) is 7.11 Å². The second-order valence-corrected chi connectivity index (χ2v) is 10.6. The molecule has 0 saturated heterocycles. The van der Waals surface area contributed by atoms with E-state index >= 15 is 0 Å². The van der Waals surface area contributed by atoms with Gasteiger partial charge in [0.2, 0.25) is 5.91 Å². The van der Waals surface area contributed by atoms with Gasteiger partial charge in [0.25, 0.3) is 5.91 Å². The lowest BCUT2D eigenvalue weighted by atomic mass is 9.97. The first-order valence-electron chi connectivity index (χ1n) is 13.5. The summed E-state index contributed by atoms with van der Waals surface area (Å²) in [7, 11) is 1.57. The number of methoxy groups -OCH3 is 1. The number of hydrogen-bond donors (Lipinski definition) is 2. The smallest absolute Gasteiger partial charge is 0.408 e. The van der Waals surface area contributed by atoms with Gasteiger partial charge in [-0.2, -0.15) is 0 Å². The van der Waals surface area contributed by atoms with Gasteiger partial charge in [-0.05, 0) is 68.7 Å². The Balaban J connectivity index is 2.03. The van der Waals surface area contributed by atoms with Crippen molar-refractivity contribution < 1.29 is 23.9 Å². The first-order chi connectivity index (χ1) is 19.5. The lowest BCUT2D eigenvalue weighted by molar-refractivity contribution is -0.140. The normalized spacial score (nSPS) is 12.4. The number of carbonyl (C=O) groups excluding carboxylic acids is 3. The zero-order valence-corrected chi connectivity index (χ0v) is 24.3. The zero-order chi connectivity index (χ0) is 30.0. The standard InChI is InChI=1S/C33H39N3O5/c1-7-21-36(31(38)28(22-24-14-9-8-10-15-24)35-32(39)41-33(3,4)5)29(27-16-12-11-13-23(27)2)30(37)34-25-17-19-26(40-6)20-18-25/h7-20,28-29H,1,21-22H2,2-6H3,(H,34,37)(H,35,39). The maximum atomic E-state index is 14.3. The number of nitrogens with one attached hydrogen (secondary N) is 2. The second kappa shape index (κ2) is 14.2. The Hall–Kier alpha value is -4.59. The summed E-state index contributed by atoms with van der Waals surface area (Å²) in [6.45, 7) is 11.1. The number of rotatable bonds is 11. The Morgan fingerprint density at radius 1 is 0.951 bits per heavy atom. The van der Waals surface area contributed by atoms with Crippen LogP contribution in [0.5, 0.6) is 5.75 Å². The number of amides is 3. The van der Waals surface area contributed by atoms with Gasteiger partial charge in [0, 0.05) is 18.7 Å². The van der Waals surface area contributed by atoms with E-state index in [9.17, 15) is 14.4 Å². The fourth-order valence-electron chi connectivity index (χ4n) is 4.39. The molecule has 0 aliphatic heterocycles. The van der Waals surface area contributed by atoms with Crippen LogP contribution < -0.4 is 15.4 Å².